The van der Waals surface area contributed by atoms with Gasteiger partial charge in [-0.1, -0.05) is 19.9 Å². The predicted octanol–water partition coefficient (Wildman–Crippen LogP) is 0.879. The molecule has 1 heterocycles. The molecule has 0 unspecified atom stereocenters. The van der Waals surface area contributed by atoms with Crippen molar-refractivity contribution in [3.8, 4) is 5.75 Å². The molecule has 0 aliphatic carbocycles. The molecular weight excluding hydrogens is 270 g/mol. The third-order valence-corrected chi connectivity index (χ3v) is 3.00. The third kappa shape index (κ3) is 4.75. The van der Waals surface area contributed by atoms with E-state index in [1.807, 2.05) is 18.2 Å². The molecule has 1 aromatic carbocycles. The Bertz CT molecular complexity index is 529. The van der Waals surface area contributed by atoms with Crippen molar-refractivity contribution in [2.75, 3.05) is 25.0 Å². The van der Waals surface area contributed by atoms with Crippen LogP contribution in [0.3, 0.4) is 0 Å². The second-order valence-electron chi connectivity index (χ2n) is 5.47. The summed E-state index contributed by atoms with van der Waals surface area (Å²) in [5, 5.41) is 8.68. The van der Waals surface area contributed by atoms with E-state index in [9.17, 15) is 9.59 Å². The monoisotopic (exact) mass is 291 g/mol. The first-order chi connectivity index (χ1) is 10.0. The lowest BCUT2D eigenvalue weighted by molar-refractivity contribution is -0.120. The Balaban J connectivity index is 1.80. The molecule has 3 N–H and O–H groups in total. The number of carbonyl (C=O) groups excluding carboxylic acids is 2. The number of nitrogens with one attached hydrogen (secondary N) is 3. The largest absolute Gasteiger partial charge is 0.482 e. The Hall–Kier alpha value is -2.08. The zero-order valence-electron chi connectivity index (χ0n) is 12.4. The van der Waals surface area contributed by atoms with E-state index in [1.54, 1.807) is 0 Å². The van der Waals surface area contributed by atoms with E-state index in [1.165, 1.54) is 0 Å². The van der Waals surface area contributed by atoms with Crippen molar-refractivity contribution in [3.05, 3.63) is 23.8 Å². The van der Waals surface area contributed by atoms with Gasteiger partial charge in [-0.15, -0.1) is 0 Å². The zero-order chi connectivity index (χ0) is 15.2. The molecular formula is C15H21N3O3. The quantitative estimate of drug-likeness (QED) is 0.727. The minimum atomic E-state index is -0.152. The van der Waals surface area contributed by atoms with Crippen molar-refractivity contribution in [2.24, 2.45) is 5.92 Å². The van der Waals surface area contributed by atoms with E-state index in [4.69, 9.17) is 4.74 Å². The van der Waals surface area contributed by atoms with E-state index in [2.05, 4.69) is 29.8 Å². The van der Waals surface area contributed by atoms with Crippen LogP contribution in [0.1, 0.15) is 19.4 Å². The summed E-state index contributed by atoms with van der Waals surface area (Å²) in [7, 11) is 0. The lowest BCUT2D eigenvalue weighted by Gasteiger charge is -2.18. The zero-order valence-corrected chi connectivity index (χ0v) is 12.4. The van der Waals surface area contributed by atoms with Crippen molar-refractivity contribution < 1.29 is 14.3 Å². The second kappa shape index (κ2) is 7.08. The molecule has 114 valence electrons. The van der Waals surface area contributed by atoms with Gasteiger partial charge < -0.3 is 20.7 Å². The maximum absolute atomic E-state index is 11.6. The van der Waals surface area contributed by atoms with Crippen molar-refractivity contribution >= 4 is 17.5 Å². The van der Waals surface area contributed by atoms with E-state index in [0.717, 1.165) is 5.56 Å². The summed E-state index contributed by atoms with van der Waals surface area (Å²) in [5.74, 6) is 0.949. The molecule has 1 aromatic rings. The number of fused-ring (bicyclic) bond motifs is 1. The summed E-state index contributed by atoms with van der Waals surface area (Å²) in [4.78, 5) is 22.8. The van der Waals surface area contributed by atoms with Crippen molar-refractivity contribution in [2.45, 2.75) is 20.4 Å². The van der Waals surface area contributed by atoms with Crippen LogP contribution in [0.25, 0.3) is 0 Å². The van der Waals surface area contributed by atoms with Crippen LogP contribution in [0.4, 0.5) is 5.69 Å². The van der Waals surface area contributed by atoms with Gasteiger partial charge in [0.15, 0.2) is 6.61 Å². The summed E-state index contributed by atoms with van der Waals surface area (Å²) >= 11 is 0. The lowest BCUT2D eigenvalue weighted by Crippen LogP contribution is -2.35. The van der Waals surface area contributed by atoms with Gasteiger partial charge in [-0.3, -0.25) is 9.59 Å². The first kappa shape index (κ1) is 15.3. The molecule has 1 aliphatic heterocycles. The number of hydrogen-bond acceptors (Lipinski definition) is 4. The Labute approximate surface area is 124 Å². The van der Waals surface area contributed by atoms with Crippen LogP contribution >= 0.6 is 0 Å². The fourth-order valence-corrected chi connectivity index (χ4v) is 1.94. The van der Waals surface area contributed by atoms with Gasteiger partial charge in [-0.25, -0.2) is 0 Å². The Kier molecular flexibility index (Phi) is 5.16. The number of amides is 2. The summed E-state index contributed by atoms with van der Waals surface area (Å²) in [6.45, 7) is 5.67. The van der Waals surface area contributed by atoms with Crippen molar-refractivity contribution in [1.29, 1.82) is 0 Å². The van der Waals surface area contributed by atoms with Crippen molar-refractivity contribution in [1.82, 2.24) is 10.6 Å². The van der Waals surface area contributed by atoms with Gasteiger partial charge in [0.25, 0.3) is 5.91 Å². The van der Waals surface area contributed by atoms with Crippen LogP contribution in [-0.4, -0.2) is 31.5 Å². The van der Waals surface area contributed by atoms with Gasteiger partial charge in [0.2, 0.25) is 5.91 Å². The molecule has 0 atom stereocenters. The first-order valence-corrected chi connectivity index (χ1v) is 7.07. The summed E-state index contributed by atoms with van der Waals surface area (Å²) < 4.78 is 5.29. The number of ether oxygens (including phenoxy) is 1. The molecule has 0 radical (unpaired) electrons. The maximum atomic E-state index is 11.6. The minimum absolute atomic E-state index is 0.0155. The molecule has 1 aliphatic rings. The highest BCUT2D eigenvalue weighted by molar-refractivity contribution is 5.95. The van der Waals surface area contributed by atoms with E-state index >= 15 is 0 Å². The summed E-state index contributed by atoms with van der Waals surface area (Å²) in [6.07, 6.45) is 0. The molecule has 0 saturated carbocycles. The standard InChI is InChI=1S/C15H21N3O3/c1-10(2)6-17-14(19)8-16-7-11-3-4-13-12(5-11)18-15(20)9-21-13/h3-5,10,16H,6-9H2,1-2H3,(H,17,19)(H,18,20). The smallest absolute Gasteiger partial charge is 0.262 e. The molecule has 0 saturated heterocycles. The fourth-order valence-electron chi connectivity index (χ4n) is 1.94. The number of benzene rings is 1. The Morgan fingerprint density at radius 1 is 1.43 bits per heavy atom. The molecule has 0 fully saturated rings. The number of hydrogen-bond donors (Lipinski definition) is 3. The highest BCUT2D eigenvalue weighted by atomic mass is 16.5. The highest BCUT2D eigenvalue weighted by Crippen LogP contribution is 2.28. The molecule has 0 spiro atoms. The number of carbonyl (C=O) groups is 2. The SMILES string of the molecule is CC(C)CNC(=O)CNCc1ccc2c(c1)NC(=O)CO2. The topological polar surface area (TPSA) is 79.5 Å². The molecule has 21 heavy (non-hydrogen) atoms. The molecule has 2 amide bonds. The number of anilines is 1. The van der Waals surface area contributed by atoms with E-state index in [-0.39, 0.29) is 25.0 Å². The van der Waals surface area contributed by atoms with Gasteiger partial charge in [-0.2, -0.15) is 0 Å². The van der Waals surface area contributed by atoms with Gasteiger partial charge in [-0.05, 0) is 23.6 Å². The predicted molar refractivity (Wildman–Crippen MR) is 80.1 cm³/mol. The van der Waals surface area contributed by atoms with Crippen molar-refractivity contribution in [3.63, 3.8) is 0 Å². The van der Waals surface area contributed by atoms with Gasteiger partial charge in [0.05, 0.1) is 12.2 Å². The van der Waals surface area contributed by atoms with Crippen LogP contribution in [0.15, 0.2) is 18.2 Å². The van der Waals surface area contributed by atoms with E-state index < -0.39 is 0 Å². The Morgan fingerprint density at radius 3 is 3.00 bits per heavy atom. The fraction of sp³-hybridized carbons (Fsp3) is 0.467. The van der Waals surface area contributed by atoms with Crippen LogP contribution in [0, 0.1) is 5.92 Å². The molecule has 6 nitrogen and oxygen atoms in total. The first-order valence-electron chi connectivity index (χ1n) is 7.07. The average Bonchev–Trinajstić information content (AvgIpc) is 2.44. The van der Waals surface area contributed by atoms with Gasteiger partial charge >= 0.3 is 0 Å². The molecule has 6 heteroatoms. The average molecular weight is 291 g/mol. The van der Waals surface area contributed by atoms with Crippen LogP contribution < -0.4 is 20.7 Å². The van der Waals surface area contributed by atoms with E-state index in [0.29, 0.717) is 30.4 Å². The van der Waals surface area contributed by atoms with Crippen LogP contribution in [0.2, 0.25) is 0 Å². The third-order valence-electron chi connectivity index (χ3n) is 3.00. The number of rotatable bonds is 6. The second-order valence-corrected chi connectivity index (χ2v) is 5.47. The summed E-state index contributed by atoms with van der Waals surface area (Å²) in [6, 6.07) is 5.59. The van der Waals surface area contributed by atoms with Crippen LogP contribution in [0.5, 0.6) is 5.75 Å². The summed E-state index contributed by atoms with van der Waals surface area (Å²) in [5.41, 5.74) is 1.66. The highest BCUT2D eigenvalue weighted by Gasteiger charge is 2.15. The van der Waals surface area contributed by atoms with Gasteiger partial charge in [0.1, 0.15) is 5.75 Å². The minimum Gasteiger partial charge on any atom is -0.482 e. The molecule has 2 rings (SSSR count). The van der Waals surface area contributed by atoms with Gasteiger partial charge in [0, 0.05) is 13.1 Å². The molecule has 0 bridgehead atoms. The molecule has 0 aromatic heterocycles. The maximum Gasteiger partial charge on any atom is 0.262 e. The Morgan fingerprint density at radius 2 is 2.24 bits per heavy atom. The lowest BCUT2D eigenvalue weighted by atomic mass is 10.1. The van der Waals surface area contributed by atoms with Crippen LogP contribution in [-0.2, 0) is 16.1 Å². The normalized spacial score (nSPS) is 13.4.